The molecule has 1 aromatic carbocycles. The van der Waals surface area contributed by atoms with Gasteiger partial charge in [0.15, 0.2) is 5.82 Å². The second-order valence-electron chi connectivity index (χ2n) is 7.25. The number of carbonyl (C=O) groups excluding carboxylic acids is 1. The minimum absolute atomic E-state index is 0.165. The second kappa shape index (κ2) is 8.06. The lowest BCUT2D eigenvalue weighted by atomic mass is 10.0. The maximum absolute atomic E-state index is 12.9. The van der Waals surface area contributed by atoms with E-state index in [1.54, 1.807) is 13.4 Å². The molecule has 0 atom stereocenters. The summed E-state index contributed by atoms with van der Waals surface area (Å²) in [4.78, 5) is 14.8. The molecule has 3 aromatic rings. The van der Waals surface area contributed by atoms with E-state index in [0.29, 0.717) is 19.5 Å². The summed E-state index contributed by atoms with van der Waals surface area (Å²) < 4.78 is 9.08. The van der Waals surface area contributed by atoms with Crippen LogP contribution in [-0.2, 0) is 37.8 Å². The van der Waals surface area contributed by atoms with Crippen LogP contribution in [0.2, 0.25) is 0 Å². The van der Waals surface area contributed by atoms with Crippen LogP contribution in [0.4, 0.5) is 0 Å². The van der Waals surface area contributed by atoms with Crippen molar-refractivity contribution in [2.75, 3.05) is 13.7 Å². The van der Waals surface area contributed by atoms with Gasteiger partial charge in [-0.2, -0.15) is 5.10 Å². The van der Waals surface area contributed by atoms with Crippen LogP contribution in [-0.4, -0.2) is 49.0 Å². The van der Waals surface area contributed by atoms with E-state index in [1.165, 1.54) is 5.69 Å². The molecule has 0 N–H and O–H groups in total. The number of ether oxygens (including phenoxy) is 1. The highest BCUT2D eigenvalue weighted by Crippen LogP contribution is 2.29. The van der Waals surface area contributed by atoms with E-state index in [4.69, 9.17) is 9.84 Å². The Kier molecular flexibility index (Phi) is 5.33. The smallest absolute Gasteiger partial charge is 0.223 e. The first-order chi connectivity index (χ1) is 14.1. The predicted octanol–water partition coefficient (Wildman–Crippen LogP) is 2.22. The third kappa shape index (κ3) is 3.74. The quantitative estimate of drug-likeness (QED) is 0.641. The maximum atomic E-state index is 12.9. The van der Waals surface area contributed by atoms with Crippen molar-refractivity contribution in [3.8, 4) is 17.3 Å². The predicted molar refractivity (Wildman–Crippen MR) is 108 cm³/mol. The van der Waals surface area contributed by atoms with Crippen LogP contribution in [0.1, 0.15) is 30.2 Å². The average Bonchev–Trinajstić information content (AvgIpc) is 3.36. The van der Waals surface area contributed by atoms with Crippen LogP contribution in [0.3, 0.4) is 0 Å². The molecule has 2 aromatic heterocycles. The van der Waals surface area contributed by atoms with Gasteiger partial charge in [-0.3, -0.25) is 9.48 Å². The fourth-order valence-electron chi connectivity index (χ4n) is 3.86. The number of carbonyl (C=O) groups is 1. The van der Waals surface area contributed by atoms with Crippen molar-refractivity contribution >= 4 is 5.91 Å². The lowest BCUT2D eigenvalue weighted by Crippen LogP contribution is -2.36. The lowest BCUT2D eigenvalue weighted by molar-refractivity contribution is -0.132. The summed E-state index contributed by atoms with van der Waals surface area (Å²) in [6.45, 7) is 4.11. The topological polar surface area (TPSA) is 78.1 Å². The second-order valence-corrected chi connectivity index (χ2v) is 7.25. The summed E-state index contributed by atoms with van der Waals surface area (Å²) in [5.74, 6) is 1.75. The minimum atomic E-state index is 0.165. The van der Waals surface area contributed by atoms with Gasteiger partial charge in [0.1, 0.15) is 17.8 Å². The van der Waals surface area contributed by atoms with Gasteiger partial charge in [-0.15, -0.1) is 10.2 Å². The van der Waals surface area contributed by atoms with Gasteiger partial charge in [-0.25, -0.2) is 0 Å². The van der Waals surface area contributed by atoms with Gasteiger partial charge in [0.05, 0.1) is 7.11 Å². The highest BCUT2D eigenvalue weighted by atomic mass is 16.5. The van der Waals surface area contributed by atoms with Crippen LogP contribution in [0.5, 0.6) is 5.75 Å². The third-order valence-corrected chi connectivity index (χ3v) is 5.55. The first-order valence-electron chi connectivity index (χ1n) is 9.94. The third-order valence-electron chi connectivity index (χ3n) is 5.55. The Morgan fingerprint density at radius 3 is 2.76 bits per heavy atom. The maximum Gasteiger partial charge on any atom is 0.223 e. The largest absolute Gasteiger partial charge is 0.497 e. The summed E-state index contributed by atoms with van der Waals surface area (Å²) in [7, 11) is 3.61. The molecular formula is C21H26N6O2. The minimum Gasteiger partial charge on any atom is -0.497 e. The molecule has 29 heavy (non-hydrogen) atoms. The normalized spacial score (nSPS) is 13.4. The summed E-state index contributed by atoms with van der Waals surface area (Å²) in [6.07, 6.45) is 3.73. The molecule has 4 rings (SSSR count). The number of hydrogen-bond acceptors (Lipinski definition) is 5. The molecule has 0 spiro atoms. The van der Waals surface area contributed by atoms with Gasteiger partial charge in [-0.05, 0) is 31.0 Å². The molecule has 1 amide bonds. The van der Waals surface area contributed by atoms with Crippen molar-refractivity contribution < 1.29 is 9.53 Å². The summed E-state index contributed by atoms with van der Waals surface area (Å²) in [5.41, 5.74) is 4.22. The highest BCUT2D eigenvalue weighted by Gasteiger charge is 2.28. The zero-order valence-electron chi connectivity index (χ0n) is 17.1. The Morgan fingerprint density at radius 1 is 1.24 bits per heavy atom. The van der Waals surface area contributed by atoms with Crippen LogP contribution in [0.25, 0.3) is 11.5 Å². The van der Waals surface area contributed by atoms with Crippen molar-refractivity contribution in [1.82, 2.24) is 29.4 Å². The number of rotatable bonds is 6. The number of aryl methyl sites for hydroxylation is 3. The van der Waals surface area contributed by atoms with Crippen molar-refractivity contribution in [2.24, 2.45) is 7.05 Å². The molecule has 8 heteroatoms. The van der Waals surface area contributed by atoms with Gasteiger partial charge in [0.25, 0.3) is 0 Å². The van der Waals surface area contributed by atoms with Gasteiger partial charge in [0.2, 0.25) is 5.91 Å². The molecule has 1 aliphatic rings. The van der Waals surface area contributed by atoms with E-state index in [-0.39, 0.29) is 5.91 Å². The van der Waals surface area contributed by atoms with E-state index >= 15 is 0 Å². The summed E-state index contributed by atoms with van der Waals surface area (Å²) >= 11 is 0. The van der Waals surface area contributed by atoms with Crippen molar-refractivity contribution in [3.63, 3.8) is 0 Å². The standard InChI is InChI=1S/C21H26N6O2/c1-4-26-14-22-23-21(26)20-17-13-27(12-11-18(17)25(2)24-20)19(28)10-7-15-5-8-16(29-3)9-6-15/h5-6,8-9,14H,4,7,10-13H2,1-3H3. The lowest BCUT2D eigenvalue weighted by Gasteiger charge is -2.27. The molecule has 0 radical (unpaired) electrons. The highest BCUT2D eigenvalue weighted by molar-refractivity contribution is 5.77. The van der Waals surface area contributed by atoms with Crippen molar-refractivity contribution in [3.05, 3.63) is 47.4 Å². The van der Waals surface area contributed by atoms with E-state index in [0.717, 1.165) is 47.8 Å². The molecule has 8 nitrogen and oxygen atoms in total. The zero-order valence-corrected chi connectivity index (χ0v) is 17.1. The Balaban J connectivity index is 1.48. The van der Waals surface area contributed by atoms with Crippen LogP contribution >= 0.6 is 0 Å². The number of fused-ring (bicyclic) bond motifs is 1. The summed E-state index contributed by atoms with van der Waals surface area (Å²) in [5, 5.41) is 13.0. The van der Waals surface area contributed by atoms with Gasteiger partial charge < -0.3 is 14.2 Å². The Hall–Kier alpha value is -3.16. The van der Waals surface area contributed by atoms with Gasteiger partial charge >= 0.3 is 0 Å². The van der Waals surface area contributed by atoms with Crippen molar-refractivity contribution in [1.29, 1.82) is 0 Å². The molecule has 0 fully saturated rings. The molecule has 0 aliphatic carbocycles. The number of amides is 1. The first kappa shape index (κ1) is 19.2. The number of hydrogen-bond donors (Lipinski definition) is 0. The SMILES string of the molecule is CCn1cnnc1-c1nn(C)c2c1CN(C(=O)CCc1ccc(OC)cc1)CC2. The van der Waals surface area contributed by atoms with Gasteiger partial charge in [0, 0.05) is 50.8 Å². The molecule has 0 saturated carbocycles. The van der Waals surface area contributed by atoms with Crippen LogP contribution in [0, 0.1) is 0 Å². The van der Waals surface area contributed by atoms with Crippen LogP contribution < -0.4 is 4.74 Å². The molecule has 1 aliphatic heterocycles. The van der Waals surface area contributed by atoms with Crippen LogP contribution in [0.15, 0.2) is 30.6 Å². The zero-order chi connectivity index (χ0) is 20.4. The Bertz CT molecular complexity index is 1000. The molecule has 3 heterocycles. The molecule has 0 bridgehead atoms. The number of aromatic nitrogens is 5. The average molecular weight is 394 g/mol. The van der Waals surface area contributed by atoms with Gasteiger partial charge in [-0.1, -0.05) is 12.1 Å². The number of benzene rings is 1. The Labute approximate surface area is 170 Å². The number of methoxy groups -OCH3 is 1. The fraction of sp³-hybridized carbons (Fsp3) is 0.429. The van der Waals surface area contributed by atoms with E-state index in [9.17, 15) is 4.79 Å². The first-order valence-corrected chi connectivity index (χ1v) is 9.94. The molecule has 0 saturated heterocycles. The molecule has 152 valence electrons. The van der Waals surface area contributed by atoms with E-state index < -0.39 is 0 Å². The Morgan fingerprint density at radius 2 is 2.03 bits per heavy atom. The monoisotopic (exact) mass is 394 g/mol. The fourth-order valence-corrected chi connectivity index (χ4v) is 3.86. The van der Waals surface area contributed by atoms with E-state index in [2.05, 4.69) is 17.1 Å². The molecule has 0 unspecified atom stereocenters. The number of nitrogens with zero attached hydrogens (tertiary/aromatic N) is 6. The van der Waals surface area contributed by atoms with E-state index in [1.807, 2.05) is 45.5 Å². The summed E-state index contributed by atoms with van der Waals surface area (Å²) in [6, 6.07) is 7.88. The van der Waals surface area contributed by atoms with Crippen molar-refractivity contribution in [2.45, 2.75) is 39.3 Å². The molecular weight excluding hydrogens is 368 g/mol.